The van der Waals surface area contributed by atoms with Crippen LogP contribution in [0, 0.1) is 5.82 Å². The number of hydrogen-bond acceptors (Lipinski definition) is 1. The molecule has 0 heterocycles. The predicted molar refractivity (Wildman–Crippen MR) is 83.8 cm³/mol. The van der Waals surface area contributed by atoms with Gasteiger partial charge >= 0.3 is 0 Å². The van der Waals surface area contributed by atoms with Gasteiger partial charge in [-0.3, -0.25) is 0 Å². The molecule has 0 aliphatic heterocycles. The molecule has 106 valence electrons. The maximum atomic E-state index is 13.3. The van der Waals surface area contributed by atoms with E-state index in [2.05, 4.69) is 30.9 Å². The van der Waals surface area contributed by atoms with Gasteiger partial charge in [0.15, 0.2) is 0 Å². The zero-order valence-electron chi connectivity index (χ0n) is 11.8. The topological polar surface area (TPSA) is 3.24 Å². The van der Waals surface area contributed by atoms with Crippen LogP contribution in [-0.4, -0.2) is 6.04 Å². The van der Waals surface area contributed by atoms with E-state index in [1.807, 2.05) is 18.2 Å². The summed E-state index contributed by atoms with van der Waals surface area (Å²) in [6.07, 6.45) is 1.02. The molecule has 0 aliphatic carbocycles. The van der Waals surface area contributed by atoms with Crippen LogP contribution in [0.25, 0.3) is 0 Å². The van der Waals surface area contributed by atoms with Crippen LogP contribution in [0.3, 0.4) is 0 Å². The van der Waals surface area contributed by atoms with E-state index < -0.39 is 0 Å². The molecule has 0 saturated carbocycles. The zero-order chi connectivity index (χ0) is 14.5. The van der Waals surface area contributed by atoms with E-state index in [1.54, 1.807) is 12.1 Å². The Kier molecular flexibility index (Phi) is 5.02. The van der Waals surface area contributed by atoms with E-state index in [-0.39, 0.29) is 10.8 Å². The minimum Gasteiger partial charge on any atom is -0.364 e. The van der Waals surface area contributed by atoms with Crippen molar-refractivity contribution in [2.24, 2.45) is 0 Å². The monoisotopic (exact) mass is 291 g/mol. The molecule has 0 aromatic heterocycles. The molecule has 0 bridgehead atoms. The van der Waals surface area contributed by atoms with Gasteiger partial charge in [0.2, 0.25) is 0 Å². The van der Waals surface area contributed by atoms with Crippen molar-refractivity contribution >= 4 is 17.3 Å². The lowest BCUT2D eigenvalue weighted by atomic mass is 10.1. The number of nitrogens with zero attached hydrogens (tertiary/aromatic N) is 1. The van der Waals surface area contributed by atoms with Gasteiger partial charge in [0.05, 0.1) is 5.02 Å². The fourth-order valence-corrected chi connectivity index (χ4v) is 2.34. The minimum absolute atomic E-state index is 0.170. The summed E-state index contributed by atoms with van der Waals surface area (Å²) in [7, 11) is 0. The first-order chi connectivity index (χ1) is 9.61. The van der Waals surface area contributed by atoms with Crippen molar-refractivity contribution in [1.29, 1.82) is 0 Å². The first-order valence-electron chi connectivity index (χ1n) is 6.87. The second kappa shape index (κ2) is 6.76. The summed E-state index contributed by atoms with van der Waals surface area (Å²) in [5.74, 6) is -0.376. The Morgan fingerprint density at radius 2 is 1.85 bits per heavy atom. The second-order valence-corrected chi connectivity index (χ2v) is 5.38. The molecule has 20 heavy (non-hydrogen) atoms. The third-order valence-electron chi connectivity index (χ3n) is 3.55. The molecule has 2 rings (SSSR count). The summed E-state index contributed by atoms with van der Waals surface area (Å²) in [5, 5.41) is 0.170. The lowest BCUT2D eigenvalue weighted by Gasteiger charge is -2.31. The van der Waals surface area contributed by atoms with E-state index in [9.17, 15) is 4.39 Å². The highest BCUT2D eigenvalue weighted by atomic mass is 35.5. The van der Waals surface area contributed by atoms with Gasteiger partial charge in [-0.15, -0.1) is 0 Å². The molecule has 0 saturated heterocycles. The summed E-state index contributed by atoms with van der Waals surface area (Å²) in [5.41, 5.74) is 2.18. The standard InChI is InChI=1S/C17H19ClFN/c1-3-13(2)20(12-14-7-5-4-6-8-14)15-9-10-17(19)16(18)11-15/h4-11,13H,3,12H2,1-2H3. The normalized spacial score (nSPS) is 12.2. The van der Waals surface area contributed by atoms with Crippen LogP contribution in [0.4, 0.5) is 10.1 Å². The van der Waals surface area contributed by atoms with E-state index in [4.69, 9.17) is 11.6 Å². The Balaban J connectivity index is 2.29. The van der Waals surface area contributed by atoms with Gasteiger partial charge in [-0.2, -0.15) is 0 Å². The molecule has 0 fully saturated rings. The van der Waals surface area contributed by atoms with E-state index >= 15 is 0 Å². The van der Waals surface area contributed by atoms with Gasteiger partial charge in [0.1, 0.15) is 5.82 Å². The molecule has 2 aromatic carbocycles. The molecule has 1 unspecified atom stereocenters. The molecule has 3 heteroatoms. The summed E-state index contributed by atoms with van der Waals surface area (Å²) < 4.78 is 13.3. The maximum Gasteiger partial charge on any atom is 0.141 e. The summed E-state index contributed by atoms with van der Waals surface area (Å²) >= 11 is 5.91. The molecule has 0 spiro atoms. The van der Waals surface area contributed by atoms with E-state index in [1.165, 1.54) is 11.6 Å². The van der Waals surface area contributed by atoms with E-state index in [0.717, 1.165) is 18.7 Å². The average molecular weight is 292 g/mol. The Morgan fingerprint density at radius 3 is 2.45 bits per heavy atom. The summed E-state index contributed by atoms with van der Waals surface area (Å²) in [4.78, 5) is 2.25. The van der Waals surface area contributed by atoms with Crippen LogP contribution in [0.15, 0.2) is 48.5 Å². The van der Waals surface area contributed by atoms with Crippen molar-refractivity contribution in [2.45, 2.75) is 32.9 Å². The van der Waals surface area contributed by atoms with Crippen molar-refractivity contribution in [1.82, 2.24) is 0 Å². The number of benzene rings is 2. The average Bonchev–Trinajstić information content (AvgIpc) is 2.48. The Morgan fingerprint density at radius 1 is 1.15 bits per heavy atom. The molecule has 0 amide bonds. The van der Waals surface area contributed by atoms with Gasteiger partial charge in [0, 0.05) is 18.3 Å². The van der Waals surface area contributed by atoms with Crippen LogP contribution >= 0.6 is 11.6 Å². The smallest absolute Gasteiger partial charge is 0.141 e. The number of hydrogen-bond donors (Lipinski definition) is 0. The third kappa shape index (κ3) is 3.51. The van der Waals surface area contributed by atoms with Gasteiger partial charge in [0.25, 0.3) is 0 Å². The first-order valence-corrected chi connectivity index (χ1v) is 7.25. The summed E-state index contributed by atoms with van der Waals surface area (Å²) in [6, 6.07) is 15.5. The number of anilines is 1. The summed E-state index contributed by atoms with van der Waals surface area (Å²) in [6.45, 7) is 5.10. The largest absolute Gasteiger partial charge is 0.364 e. The van der Waals surface area contributed by atoms with Crippen LogP contribution in [0.2, 0.25) is 5.02 Å². The molecule has 0 N–H and O–H groups in total. The molecular weight excluding hydrogens is 273 g/mol. The molecule has 0 aliphatic rings. The van der Waals surface area contributed by atoms with Crippen molar-refractivity contribution < 1.29 is 4.39 Å². The Labute approximate surface area is 125 Å². The van der Waals surface area contributed by atoms with Crippen molar-refractivity contribution in [2.75, 3.05) is 4.90 Å². The highest BCUT2D eigenvalue weighted by Crippen LogP contribution is 2.26. The Bertz CT molecular complexity index is 556. The number of rotatable bonds is 5. The molecule has 2 aromatic rings. The predicted octanol–water partition coefficient (Wildman–Crippen LogP) is 5.28. The molecule has 1 atom stereocenters. The van der Waals surface area contributed by atoms with Crippen molar-refractivity contribution in [3.63, 3.8) is 0 Å². The molecule has 0 radical (unpaired) electrons. The molecule has 1 nitrogen and oxygen atoms in total. The lowest BCUT2D eigenvalue weighted by molar-refractivity contribution is 0.609. The van der Waals surface area contributed by atoms with Crippen molar-refractivity contribution in [3.05, 3.63) is 64.9 Å². The Hall–Kier alpha value is -1.54. The van der Waals surface area contributed by atoms with Gasteiger partial charge in [-0.1, -0.05) is 48.9 Å². The van der Waals surface area contributed by atoms with Gasteiger partial charge < -0.3 is 4.90 Å². The van der Waals surface area contributed by atoms with Crippen LogP contribution in [0.1, 0.15) is 25.8 Å². The van der Waals surface area contributed by atoms with Crippen LogP contribution in [-0.2, 0) is 6.54 Å². The second-order valence-electron chi connectivity index (χ2n) is 4.97. The lowest BCUT2D eigenvalue weighted by Crippen LogP contribution is -2.32. The fraction of sp³-hybridized carbons (Fsp3) is 0.294. The third-order valence-corrected chi connectivity index (χ3v) is 3.84. The highest BCUT2D eigenvalue weighted by molar-refractivity contribution is 6.31. The van der Waals surface area contributed by atoms with E-state index in [0.29, 0.717) is 6.04 Å². The zero-order valence-corrected chi connectivity index (χ0v) is 12.6. The van der Waals surface area contributed by atoms with Gasteiger partial charge in [-0.05, 0) is 37.1 Å². The van der Waals surface area contributed by atoms with Crippen LogP contribution in [0.5, 0.6) is 0 Å². The number of halogens is 2. The van der Waals surface area contributed by atoms with Crippen LogP contribution < -0.4 is 4.90 Å². The van der Waals surface area contributed by atoms with Gasteiger partial charge in [-0.25, -0.2) is 4.39 Å². The maximum absolute atomic E-state index is 13.3. The first kappa shape index (κ1) is 14.9. The fourth-order valence-electron chi connectivity index (χ4n) is 2.17. The minimum atomic E-state index is -0.376. The quantitative estimate of drug-likeness (QED) is 0.724. The molecular formula is C17H19ClFN. The van der Waals surface area contributed by atoms with Crippen molar-refractivity contribution in [3.8, 4) is 0 Å². The SMILES string of the molecule is CCC(C)N(Cc1ccccc1)c1ccc(F)c(Cl)c1. The highest BCUT2D eigenvalue weighted by Gasteiger charge is 2.15.